The maximum absolute atomic E-state index is 13.3. The fourth-order valence-corrected chi connectivity index (χ4v) is 1.51. The Bertz CT molecular complexity index is 455. The molecule has 2 nitrogen and oxygen atoms in total. The van der Waals surface area contributed by atoms with E-state index < -0.39 is 6.17 Å². The molecule has 0 aliphatic heterocycles. The Morgan fingerprint density at radius 1 is 0.941 bits per heavy atom. The average molecular weight is 231 g/mol. The molecule has 3 heteroatoms. The maximum Gasteiger partial charge on any atom is 0.137 e. The highest BCUT2D eigenvalue weighted by atomic mass is 19.1. The highest BCUT2D eigenvalue weighted by Crippen LogP contribution is 2.23. The summed E-state index contributed by atoms with van der Waals surface area (Å²) in [5.41, 5.74) is 5.84. The van der Waals surface area contributed by atoms with Crippen LogP contribution in [0.4, 0.5) is 4.39 Å². The van der Waals surface area contributed by atoms with E-state index in [2.05, 4.69) is 0 Å². The van der Waals surface area contributed by atoms with E-state index in [1.54, 1.807) is 24.3 Å². The van der Waals surface area contributed by atoms with Gasteiger partial charge < -0.3 is 10.5 Å². The number of halogens is 1. The lowest BCUT2D eigenvalue weighted by atomic mass is 10.1. The summed E-state index contributed by atoms with van der Waals surface area (Å²) in [6.07, 6.45) is -1.11. The lowest BCUT2D eigenvalue weighted by molar-refractivity contribution is 0.352. The number of benzene rings is 2. The fraction of sp³-hybridized carbons (Fsp3) is 0.143. The standard InChI is InChI=1S/C14H14FNO/c15-14(10-16)11-6-8-13(9-7-11)17-12-4-2-1-3-5-12/h1-9,14H,10,16H2. The van der Waals surface area contributed by atoms with Crippen molar-refractivity contribution in [3.8, 4) is 11.5 Å². The molecule has 0 aromatic heterocycles. The molecule has 0 fully saturated rings. The first kappa shape index (κ1) is 11.6. The van der Waals surface area contributed by atoms with Crippen molar-refractivity contribution in [1.29, 1.82) is 0 Å². The largest absolute Gasteiger partial charge is 0.457 e. The van der Waals surface area contributed by atoms with Crippen LogP contribution in [0.25, 0.3) is 0 Å². The van der Waals surface area contributed by atoms with Crippen LogP contribution in [-0.4, -0.2) is 6.54 Å². The van der Waals surface area contributed by atoms with Gasteiger partial charge in [-0.05, 0) is 29.8 Å². The Morgan fingerprint density at radius 3 is 2.12 bits per heavy atom. The number of para-hydroxylation sites is 1. The monoisotopic (exact) mass is 231 g/mol. The van der Waals surface area contributed by atoms with Gasteiger partial charge in [-0.1, -0.05) is 30.3 Å². The van der Waals surface area contributed by atoms with Crippen molar-refractivity contribution < 1.29 is 9.13 Å². The van der Waals surface area contributed by atoms with Gasteiger partial charge >= 0.3 is 0 Å². The molecule has 0 aliphatic carbocycles. The number of nitrogens with two attached hydrogens (primary N) is 1. The molecule has 1 atom stereocenters. The molecule has 2 aromatic rings. The van der Waals surface area contributed by atoms with E-state index in [4.69, 9.17) is 10.5 Å². The zero-order chi connectivity index (χ0) is 12.1. The number of alkyl halides is 1. The van der Waals surface area contributed by atoms with Gasteiger partial charge in [0.05, 0.1) is 0 Å². The number of ether oxygens (including phenoxy) is 1. The molecule has 1 unspecified atom stereocenters. The van der Waals surface area contributed by atoms with E-state index in [0.29, 0.717) is 11.3 Å². The summed E-state index contributed by atoms with van der Waals surface area (Å²) < 4.78 is 18.9. The maximum atomic E-state index is 13.3. The lowest BCUT2D eigenvalue weighted by Gasteiger charge is -2.08. The van der Waals surface area contributed by atoms with Crippen molar-refractivity contribution in [3.05, 3.63) is 60.2 Å². The van der Waals surface area contributed by atoms with Gasteiger partial charge in [0.25, 0.3) is 0 Å². The minimum Gasteiger partial charge on any atom is -0.457 e. The van der Waals surface area contributed by atoms with Gasteiger partial charge in [-0.15, -0.1) is 0 Å². The van der Waals surface area contributed by atoms with Gasteiger partial charge in [-0.3, -0.25) is 0 Å². The van der Waals surface area contributed by atoms with Crippen LogP contribution in [-0.2, 0) is 0 Å². The van der Waals surface area contributed by atoms with Gasteiger partial charge in [0.2, 0.25) is 0 Å². The van der Waals surface area contributed by atoms with E-state index in [9.17, 15) is 4.39 Å². The lowest BCUT2D eigenvalue weighted by Crippen LogP contribution is -2.07. The smallest absolute Gasteiger partial charge is 0.137 e. The van der Waals surface area contributed by atoms with Gasteiger partial charge in [0.15, 0.2) is 0 Å². The molecular formula is C14H14FNO. The van der Waals surface area contributed by atoms with E-state index in [-0.39, 0.29) is 6.54 Å². The van der Waals surface area contributed by atoms with Crippen LogP contribution in [0.3, 0.4) is 0 Å². The zero-order valence-electron chi connectivity index (χ0n) is 9.34. The van der Waals surface area contributed by atoms with Crippen LogP contribution in [0.1, 0.15) is 11.7 Å². The third kappa shape index (κ3) is 3.04. The first-order valence-electron chi connectivity index (χ1n) is 5.46. The molecule has 0 bridgehead atoms. The zero-order valence-corrected chi connectivity index (χ0v) is 9.34. The van der Waals surface area contributed by atoms with Crippen molar-refractivity contribution in [2.24, 2.45) is 5.73 Å². The molecular weight excluding hydrogens is 217 g/mol. The normalized spacial score (nSPS) is 12.1. The molecule has 0 saturated carbocycles. The molecule has 17 heavy (non-hydrogen) atoms. The first-order chi connectivity index (χ1) is 8.29. The Morgan fingerprint density at radius 2 is 1.53 bits per heavy atom. The van der Waals surface area contributed by atoms with E-state index in [0.717, 1.165) is 5.75 Å². The van der Waals surface area contributed by atoms with E-state index in [1.807, 2.05) is 30.3 Å². The Kier molecular flexibility index (Phi) is 3.73. The Hall–Kier alpha value is -1.87. The van der Waals surface area contributed by atoms with Crippen LogP contribution in [0.15, 0.2) is 54.6 Å². The second-order valence-electron chi connectivity index (χ2n) is 3.69. The third-order valence-electron chi connectivity index (χ3n) is 2.43. The van der Waals surface area contributed by atoms with Gasteiger partial charge in [-0.2, -0.15) is 0 Å². The summed E-state index contributed by atoms with van der Waals surface area (Å²) >= 11 is 0. The van der Waals surface area contributed by atoms with Crippen molar-refractivity contribution >= 4 is 0 Å². The van der Waals surface area contributed by atoms with Crippen molar-refractivity contribution in [2.75, 3.05) is 6.54 Å². The van der Waals surface area contributed by atoms with Gasteiger partial charge in [0.1, 0.15) is 17.7 Å². The van der Waals surface area contributed by atoms with Crippen LogP contribution in [0, 0.1) is 0 Å². The minimum atomic E-state index is -1.11. The molecule has 2 N–H and O–H groups in total. The van der Waals surface area contributed by atoms with E-state index >= 15 is 0 Å². The second-order valence-corrected chi connectivity index (χ2v) is 3.69. The molecule has 0 radical (unpaired) electrons. The average Bonchev–Trinajstić information content (AvgIpc) is 2.40. The topological polar surface area (TPSA) is 35.2 Å². The first-order valence-corrected chi connectivity index (χ1v) is 5.46. The number of hydrogen-bond donors (Lipinski definition) is 1. The molecule has 2 rings (SSSR count). The highest BCUT2D eigenvalue weighted by molar-refractivity contribution is 5.33. The predicted molar refractivity (Wildman–Crippen MR) is 65.9 cm³/mol. The summed E-state index contributed by atoms with van der Waals surface area (Å²) in [6, 6.07) is 16.3. The minimum absolute atomic E-state index is 0.00110. The summed E-state index contributed by atoms with van der Waals surface area (Å²) in [5, 5.41) is 0. The SMILES string of the molecule is NCC(F)c1ccc(Oc2ccccc2)cc1. The predicted octanol–water partition coefficient (Wildman–Crippen LogP) is 3.45. The van der Waals surface area contributed by atoms with E-state index in [1.165, 1.54) is 0 Å². The Balaban J connectivity index is 2.08. The second kappa shape index (κ2) is 5.46. The van der Waals surface area contributed by atoms with Gasteiger partial charge in [0, 0.05) is 6.54 Å². The molecule has 0 amide bonds. The summed E-state index contributed by atoms with van der Waals surface area (Å²) in [5.74, 6) is 1.44. The molecule has 0 aliphatic rings. The summed E-state index contributed by atoms with van der Waals surface area (Å²) in [4.78, 5) is 0. The van der Waals surface area contributed by atoms with Crippen molar-refractivity contribution in [1.82, 2.24) is 0 Å². The molecule has 2 aromatic carbocycles. The molecule has 0 saturated heterocycles. The number of hydrogen-bond acceptors (Lipinski definition) is 2. The van der Waals surface area contributed by atoms with Gasteiger partial charge in [-0.25, -0.2) is 4.39 Å². The highest BCUT2D eigenvalue weighted by Gasteiger charge is 2.06. The van der Waals surface area contributed by atoms with Crippen LogP contribution >= 0.6 is 0 Å². The van der Waals surface area contributed by atoms with Crippen molar-refractivity contribution in [2.45, 2.75) is 6.17 Å². The molecule has 0 heterocycles. The molecule has 88 valence electrons. The van der Waals surface area contributed by atoms with Crippen LogP contribution < -0.4 is 10.5 Å². The molecule has 0 spiro atoms. The fourth-order valence-electron chi connectivity index (χ4n) is 1.51. The summed E-state index contributed by atoms with van der Waals surface area (Å²) in [7, 11) is 0. The van der Waals surface area contributed by atoms with Crippen molar-refractivity contribution in [3.63, 3.8) is 0 Å². The Labute approximate surface area is 99.8 Å². The quantitative estimate of drug-likeness (QED) is 0.874. The number of rotatable bonds is 4. The van der Waals surface area contributed by atoms with Crippen LogP contribution in [0.5, 0.6) is 11.5 Å². The third-order valence-corrected chi connectivity index (χ3v) is 2.43. The summed E-state index contributed by atoms with van der Waals surface area (Å²) in [6.45, 7) is -0.00110. The van der Waals surface area contributed by atoms with Crippen LogP contribution in [0.2, 0.25) is 0 Å².